The van der Waals surface area contributed by atoms with Crippen LogP contribution in [0.1, 0.15) is 11.1 Å². The minimum absolute atomic E-state index is 0.0268. The monoisotopic (exact) mass is 297 g/mol. The Morgan fingerprint density at radius 3 is 2.52 bits per heavy atom. The van der Waals surface area contributed by atoms with Gasteiger partial charge in [-0.3, -0.25) is 0 Å². The van der Waals surface area contributed by atoms with Gasteiger partial charge in [0.2, 0.25) is 0 Å². The number of alkyl halides is 2. The van der Waals surface area contributed by atoms with Crippen LogP contribution in [0.4, 0.5) is 13.2 Å². The maximum absolute atomic E-state index is 13.1. The van der Waals surface area contributed by atoms with Gasteiger partial charge in [0.15, 0.2) is 0 Å². The lowest BCUT2D eigenvalue weighted by atomic mass is 10.1. The van der Waals surface area contributed by atoms with Gasteiger partial charge in [-0.25, -0.2) is 4.39 Å². The van der Waals surface area contributed by atoms with Crippen LogP contribution in [0.3, 0.4) is 0 Å². The number of phenolic OH excluding ortho intramolecular Hbond substituents is 1. The third-order valence-electron chi connectivity index (χ3n) is 2.86. The van der Waals surface area contributed by atoms with E-state index in [1.54, 1.807) is 18.2 Å². The minimum Gasteiger partial charge on any atom is -0.508 e. The highest BCUT2D eigenvalue weighted by Gasteiger charge is 2.09. The van der Waals surface area contributed by atoms with Crippen LogP contribution in [0, 0.1) is 5.82 Å². The van der Waals surface area contributed by atoms with Crippen LogP contribution in [0.5, 0.6) is 11.5 Å². The van der Waals surface area contributed by atoms with Gasteiger partial charge in [-0.2, -0.15) is 8.78 Å². The van der Waals surface area contributed by atoms with E-state index in [2.05, 4.69) is 10.1 Å². The second kappa shape index (κ2) is 6.99. The molecule has 0 aliphatic heterocycles. The van der Waals surface area contributed by atoms with Crippen molar-refractivity contribution in [3.63, 3.8) is 0 Å². The highest BCUT2D eigenvalue weighted by molar-refractivity contribution is 5.34. The maximum atomic E-state index is 13.1. The Morgan fingerprint density at radius 2 is 1.76 bits per heavy atom. The lowest BCUT2D eigenvalue weighted by Crippen LogP contribution is -2.14. The van der Waals surface area contributed by atoms with Crippen molar-refractivity contribution in [2.24, 2.45) is 0 Å². The van der Waals surface area contributed by atoms with Crippen LogP contribution in [-0.2, 0) is 13.1 Å². The van der Waals surface area contributed by atoms with Gasteiger partial charge >= 0.3 is 6.61 Å². The molecule has 0 bridgehead atoms. The number of nitrogens with one attached hydrogen (secondary N) is 1. The summed E-state index contributed by atoms with van der Waals surface area (Å²) < 4.78 is 42.0. The smallest absolute Gasteiger partial charge is 0.387 e. The predicted octanol–water partition coefficient (Wildman–Crippen LogP) is 3.42. The van der Waals surface area contributed by atoms with Gasteiger partial charge in [-0.05, 0) is 24.3 Å². The predicted molar refractivity (Wildman–Crippen MR) is 71.7 cm³/mol. The van der Waals surface area contributed by atoms with Gasteiger partial charge in [0.1, 0.15) is 17.3 Å². The average molecular weight is 297 g/mol. The molecular weight excluding hydrogens is 283 g/mol. The first-order chi connectivity index (χ1) is 10.1. The quantitative estimate of drug-likeness (QED) is 0.858. The molecule has 2 aromatic carbocycles. The molecule has 0 saturated heterocycles. The fourth-order valence-electron chi connectivity index (χ4n) is 1.89. The molecule has 0 aliphatic carbocycles. The molecule has 0 amide bonds. The van der Waals surface area contributed by atoms with Crippen LogP contribution in [0.2, 0.25) is 0 Å². The largest absolute Gasteiger partial charge is 0.508 e. The van der Waals surface area contributed by atoms with E-state index in [1.807, 2.05) is 0 Å². The van der Waals surface area contributed by atoms with E-state index < -0.39 is 12.4 Å². The first-order valence-electron chi connectivity index (χ1n) is 6.27. The number of phenols is 1. The lowest BCUT2D eigenvalue weighted by Gasteiger charge is -2.12. The topological polar surface area (TPSA) is 41.5 Å². The number of rotatable bonds is 6. The molecule has 0 aromatic heterocycles. The Balaban J connectivity index is 1.99. The Kier molecular flexibility index (Phi) is 5.05. The van der Waals surface area contributed by atoms with Gasteiger partial charge in [0, 0.05) is 24.2 Å². The molecule has 0 fully saturated rings. The van der Waals surface area contributed by atoms with Crippen molar-refractivity contribution in [2.45, 2.75) is 19.7 Å². The standard InChI is InChI=1S/C15H14F3NO2/c16-12-5-6-13(20)11(7-12)9-19-8-10-3-1-2-4-14(10)21-15(17)18/h1-7,15,19-20H,8-9H2. The summed E-state index contributed by atoms with van der Waals surface area (Å²) in [6.45, 7) is -2.44. The van der Waals surface area contributed by atoms with Crippen LogP contribution in [0.15, 0.2) is 42.5 Å². The second-order valence-corrected chi connectivity index (χ2v) is 4.36. The second-order valence-electron chi connectivity index (χ2n) is 4.36. The van der Waals surface area contributed by atoms with Crippen molar-refractivity contribution in [1.29, 1.82) is 0 Å². The van der Waals surface area contributed by atoms with Crippen molar-refractivity contribution < 1.29 is 23.0 Å². The lowest BCUT2D eigenvalue weighted by molar-refractivity contribution is -0.0505. The summed E-state index contributed by atoms with van der Waals surface area (Å²) in [7, 11) is 0. The van der Waals surface area contributed by atoms with Gasteiger partial charge in [0.25, 0.3) is 0 Å². The number of hydrogen-bond acceptors (Lipinski definition) is 3. The number of halogens is 3. The maximum Gasteiger partial charge on any atom is 0.387 e. The van der Waals surface area contributed by atoms with Crippen molar-refractivity contribution in [3.05, 3.63) is 59.4 Å². The first kappa shape index (κ1) is 15.2. The minimum atomic E-state index is -2.89. The van der Waals surface area contributed by atoms with E-state index in [9.17, 15) is 18.3 Å². The first-order valence-corrected chi connectivity index (χ1v) is 6.27. The Hall–Kier alpha value is -2.21. The summed E-state index contributed by atoms with van der Waals surface area (Å²) in [4.78, 5) is 0. The zero-order chi connectivity index (χ0) is 15.2. The molecule has 112 valence electrons. The average Bonchev–Trinajstić information content (AvgIpc) is 2.44. The molecule has 0 heterocycles. The summed E-state index contributed by atoms with van der Waals surface area (Å²) in [5.41, 5.74) is 0.941. The third-order valence-corrected chi connectivity index (χ3v) is 2.86. The molecule has 0 saturated carbocycles. The normalized spacial score (nSPS) is 10.9. The summed E-state index contributed by atoms with van der Waals surface area (Å²) in [5.74, 6) is -0.393. The van der Waals surface area contributed by atoms with E-state index in [1.165, 1.54) is 18.2 Å². The van der Waals surface area contributed by atoms with E-state index in [0.717, 1.165) is 6.07 Å². The molecule has 0 aliphatic rings. The number of ether oxygens (including phenoxy) is 1. The van der Waals surface area contributed by atoms with Crippen molar-refractivity contribution in [3.8, 4) is 11.5 Å². The van der Waals surface area contributed by atoms with Crippen LogP contribution >= 0.6 is 0 Å². The number of hydrogen-bond donors (Lipinski definition) is 2. The molecule has 2 aromatic rings. The molecule has 3 nitrogen and oxygen atoms in total. The van der Waals surface area contributed by atoms with Gasteiger partial charge in [-0.15, -0.1) is 0 Å². The van der Waals surface area contributed by atoms with Gasteiger partial charge < -0.3 is 15.2 Å². The van der Waals surface area contributed by atoms with Gasteiger partial charge in [-0.1, -0.05) is 18.2 Å². The Morgan fingerprint density at radius 1 is 1.05 bits per heavy atom. The molecule has 0 atom stereocenters. The summed E-state index contributed by atoms with van der Waals surface area (Å²) in [5, 5.41) is 12.5. The van der Waals surface area contributed by atoms with E-state index >= 15 is 0 Å². The fraction of sp³-hybridized carbons (Fsp3) is 0.200. The highest BCUT2D eigenvalue weighted by atomic mass is 19.3. The van der Waals surface area contributed by atoms with Crippen molar-refractivity contribution in [1.82, 2.24) is 5.32 Å². The van der Waals surface area contributed by atoms with Crippen molar-refractivity contribution >= 4 is 0 Å². The molecule has 2 rings (SSSR count). The Bertz CT molecular complexity index is 605. The van der Waals surface area contributed by atoms with Crippen LogP contribution in [0.25, 0.3) is 0 Å². The number of benzene rings is 2. The van der Waals surface area contributed by atoms with E-state index in [0.29, 0.717) is 11.1 Å². The SMILES string of the molecule is Oc1ccc(F)cc1CNCc1ccccc1OC(F)F. The molecular formula is C15H14F3NO2. The number of aromatic hydroxyl groups is 1. The summed E-state index contributed by atoms with van der Waals surface area (Å²) in [6.07, 6.45) is 0. The molecule has 6 heteroatoms. The summed E-state index contributed by atoms with van der Waals surface area (Å²) in [6, 6.07) is 10.0. The summed E-state index contributed by atoms with van der Waals surface area (Å²) >= 11 is 0. The molecule has 0 spiro atoms. The Labute approximate surface area is 120 Å². The van der Waals surface area contributed by atoms with E-state index in [4.69, 9.17) is 0 Å². The zero-order valence-corrected chi connectivity index (χ0v) is 11.0. The van der Waals surface area contributed by atoms with Gasteiger partial charge in [0.05, 0.1) is 0 Å². The van der Waals surface area contributed by atoms with Crippen LogP contribution < -0.4 is 10.1 Å². The molecule has 2 N–H and O–H groups in total. The highest BCUT2D eigenvalue weighted by Crippen LogP contribution is 2.21. The van der Waals surface area contributed by atoms with Crippen molar-refractivity contribution in [2.75, 3.05) is 0 Å². The molecule has 0 unspecified atom stereocenters. The van der Waals surface area contributed by atoms with Crippen LogP contribution in [-0.4, -0.2) is 11.7 Å². The number of para-hydroxylation sites is 1. The zero-order valence-electron chi connectivity index (χ0n) is 11.0. The molecule has 21 heavy (non-hydrogen) atoms. The molecule has 0 radical (unpaired) electrons. The fourth-order valence-corrected chi connectivity index (χ4v) is 1.89. The third kappa shape index (κ3) is 4.39. The van der Waals surface area contributed by atoms with E-state index in [-0.39, 0.29) is 24.6 Å².